The van der Waals surface area contributed by atoms with Crippen molar-refractivity contribution in [3.8, 4) is 0 Å². The van der Waals surface area contributed by atoms with E-state index in [0.29, 0.717) is 5.91 Å². The molecule has 7 heteroatoms. The van der Waals surface area contributed by atoms with E-state index in [9.17, 15) is 4.79 Å². The minimum Gasteiger partial charge on any atom is -0.356 e. The third-order valence-corrected chi connectivity index (χ3v) is 6.97. The summed E-state index contributed by atoms with van der Waals surface area (Å²) in [6, 6.07) is 6.29. The maximum absolute atomic E-state index is 13.1. The average Bonchev–Trinajstić information content (AvgIpc) is 3.31. The van der Waals surface area contributed by atoms with Crippen LogP contribution in [0.15, 0.2) is 23.6 Å². The lowest BCUT2D eigenvalue weighted by Crippen LogP contribution is -2.44. The number of amides is 1. The molecule has 0 aliphatic carbocycles. The van der Waals surface area contributed by atoms with E-state index < -0.39 is 0 Å². The number of piperidine rings is 1. The van der Waals surface area contributed by atoms with Crippen LogP contribution >= 0.6 is 11.3 Å². The van der Waals surface area contributed by atoms with Crippen molar-refractivity contribution in [3.63, 3.8) is 0 Å². The van der Waals surface area contributed by atoms with Crippen LogP contribution in [0.1, 0.15) is 34.7 Å². The van der Waals surface area contributed by atoms with E-state index >= 15 is 0 Å². The second-order valence-electron chi connectivity index (χ2n) is 7.95. The van der Waals surface area contributed by atoms with E-state index in [4.69, 9.17) is 0 Å². The number of carbonyl (C=O) groups excluding carboxylic acids is 1. The summed E-state index contributed by atoms with van der Waals surface area (Å²) in [5.41, 5.74) is 4.21. The predicted octanol–water partition coefficient (Wildman–Crippen LogP) is 3.21. The van der Waals surface area contributed by atoms with Crippen LogP contribution in [0.25, 0.3) is 5.65 Å². The fraction of sp³-hybridized carbons (Fsp3) is 0.476. The first-order chi connectivity index (χ1) is 13.6. The molecule has 0 aromatic carbocycles. The molecule has 6 nitrogen and oxygen atoms in total. The zero-order valence-electron chi connectivity index (χ0n) is 16.4. The number of fused-ring (bicyclic) bond motifs is 2. The SMILES string of the molecule is Cc1cc(N2CCC(C(=O)N3CCc4sccc4C3)CC2)n2nc(C)cc2n1. The molecule has 146 valence electrons. The number of thiophene rings is 1. The van der Waals surface area contributed by atoms with Crippen LogP contribution in [0.3, 0.4) is 0 Å². The highest BCUT2D eigenvalue weighted by Gasteiger charge is 2.31. The largest absolute Gasteiger partial charge is 0.356 e. The Hall–Kier alpha value is -2.41. The van der Waals surface area contributed by atoms with E-state index in [1.165, 1.54) is 10.4 Å². The molecule has 2 aliphatic heterocycles. The lowest BCUT2D eigenvalue weighted by molar-refractivity contribution is -0.137. The number of anilines is 1. The maximum atomic E-state index is 13.1. The molecule has 0 radical (unpaired) electrons. The molecule has 5 heterocycles. The quantitative estimate of drug-likeness (QED) is 0.669. The first-order valence-corrected chi connectivity index (χ1v) is 10.9. The molecule has 1 fully saturated rings. The summed E-state index contributed by atoms with van der Waals surface area (Å²) in [6.07, 6.45) is 2.80. The van der Waals surface area contributed by atoms with Crippen molar-refractivity contribution < 1.29 is 4.79 Å². The van der Waals surface area contributed by atoms with Crippen LogP contribution in [0, 0.1) is 19.8 Å². The number of nitrogens with zero attached hydrogens (tertiary/aromatic N) is 5. The Bertz CT molecular complexity index is 1030. The Morgan fingerprint density at radius 1 is 1.14 bits per heavy atom. The Kier molecular flexibility index (Phi) is 4.34. The standard InChI is InChI=1S/C21H25N5OS/c1-14-12-20(26-19(22-14)11-15(2)23-26)24-7-3-16(4-8-24)21(27)25-9-5-18-17(13-25)6-10-28-18/h6,10-12,16H,3-5,7-9,13H2,1-2H3. The van der Waals surface area contributed by atoms with Crippen LogP contribution in [0.2, 0.25) is 0 Å². The van der Waals surface area contributed by atoms with Gasteiger partial charge in [0.15, 0.2) is 5.65 Å². The van der Waals surface area contributed by atoms with Crippen LogP contribution in [0.4, 0.5) is 5.82 Å². The molecule has 0 bridgehead atoms. The normalized spacial score (nSPS) is 17.9. The molecule has 3 aromatic heterocycles. The number of hydrogen-bond donors (Lipinski definition) is 0. The van der Waals surface area contributed by atoms with Gasteiger partial charge in [0.05, 0.1) is 5.69 Å². The number of aromatic nitrogens is 3. The Labute approximate surface area is 168 Å². The second kappa shape index (κ2) is 6.88. The van der Waals surface area contributed by atoms with Crippen LogP contribution in [-0.4, -0.2) is 45.0 Å². The summed E-state index contributed by atoms with van der Waals surface area (Å²) in [5, 5.41) is 6.76. The third kappa shape index (κ3) is 3.07. The highest BCUT2D eigenvalue weighted by molar-refractivity contribution is 7.10. The van der Waals surface area contributed by atoms with Crippen molar-refractivity contribution in [1.29, 1.82) is 0 Å². The van der Waals surface area contributed by atoms with Gasteiger partial charge >= 0.3 is 0 Å². The fourth-order valence-electron chi connectivity index (χ4n) is 4.47. The van der Waals surface area contributed by atoms with Crippen molar-refractivity contribution in [2.45, 2.75) is 39.7 Å². The zero-order chi connectivity index (χ0) is 19.3. The van der Waals surface area contributed by atoms with Crippen LogP contribution in [-0.2, 0) is 17.8 Å². The predicted molar refractivity (Wildman–Crippen MR) is 111 cm³/mol. The molecule has 5 rings (SSSR count). The zero-order valence-corrected chi connectivity index (χ0v) is 17.2. The second-order valence-corrected chi connectivity index (χ2v) is 8.95. The van der Waals surface area contributed by atoms with Gasteiger partial charge in [-0.05, 0) is 50.1 Å². The smallest absolute Gasteiger partial charge is 0.226 e. The first kappa shape index (κ1) is 17.7. The summed E-state index contributed by atoms with van der Waals surface area (Å²) in [4.78, 5) is 23.5. The summed E-state index contributed by atoms with van der Waals surface area (Å²) in [7, 11) is 0. The molecule has 1 amide bonds. The van der Waals surface area contributed by atoms with Gasteiger partial charge in [0.1, 0.15) is 5.82 Å². The van der Waals surface area contributed by atoms with Crippen molar-refractivity contribution in [1.82, 2.24) is 19.5 Å². The van der Waals surface area contributed by atoms with Gasteiger partial charge in [0, 0.05) is 54.8 Å². The topological polar surface area (TPSA) is 53.7 Å². The molecule has 0 saturated carbocycles. The van der Waals surface area contributed by atoms with Gasteiger partial charge in [-0.2, -0.15) is 9.61 Å². The van der Waals surface area contributed by atoms with Crippen molar-refractivity contribution in [3.05, 3.63) is 45.4 Å². The minimum absolute atomic E-state index is 0.134. The number of aryl methyl sites for hydroxylation is 2. The van der Waals surface area contributed by atoms with E-state index in [0.717, 1.165) is 68.3 Å². The molecule has 28 heavy (non-hydrogen) atoms. The molecular weight excluding hydrogens is 370 g/mol. The van der Waals surface area contributed by atoms with Gasteiger partial charge in [-0.3, -0.25) is 4.79 Å². The highest BCUT2D eigenvalue weighted by atomic mass is 32.1. The van der Waals surface area contributed by atoms with E-state index in [1.54, 1.807) is 0 Å². The fourth-order valence-corrected chi connectivity index (χ4v) is 5.36. The Morgan fingerprint density at radius 2 is 1.96 bits per heavy atom. The number of rotatable bonds is 2. The third-order valence-electron chi connectivity index (χ3n) is 5.95. The molecule has 0 spiro atoms. The van der Waals surface area contributed by atoms with E-state index in [-0.39, 0.29) is 5.92 Å². The van der Waals surface area contributed by atoms with Crippen molar-refractivity contribution in [2.24, 2.45) is 5.92 Å². The van der Waals surface area contributed by atoms with E-state index in [1.807, 2.05) is 35.8 Å². The molecule has 1 saturated heterocycles. The molecular formula is C21H25N5OS. The van der Waals surface area contributed by atoms with Crippen molar-refractivity contribution >= 4 is 28.7 Å². The summed E-state index contributed by atoms with van der Waals surface area (Å²) in [5.74, 6) is 1.55. The van der Waals surface area contributed by atoms with Gasteiger partial charge in [0.25, 0.3) is 0 Å². The molecule has 0 unspecified atom stereocenters. The van der Waals surface area contributed by atoms with Gasteiger partial charge in [-0.1, -0.05) is 0 Å². The number of carbonyl (C=O) groups is 1. The first-order valence-electron chi connectivity index (χ1n) is 10.0. The summed E-state index contributed by atoms with van der Waals surface area (Å²) in [6.45, 7) is 7.43. The highest BCUT2D eigenvalue weighted by Crippen LogP contribution is 2.29. The lowest BCUT2D eigenvalue weighted by Gasteiger charge is -2.36. The monoisotopic (exact) mass is 395 g/mol. The minimum atomic E-state index is 0.134. The summed E-state index contributed by atoms with van der Waals surface area (Å²) < 4.78 is 1.94. The molecule has 0 atom stereocenters. The van der Waals surface area contributed by atoms with Crippen LogP contribution < -0.4 is 4.90 Å². The summed E-state index contributed by atoms with van der Waals surface area (Å²) >= 11 is 1.82. The van der Waals surface area contributed by atoms with Gasteiger partial charge in [-0.15, -0.1) is 11.3 Å². The van der Waals surface area contributed by atoms with Gasteiger partial charge in [-0.25, -0.2) is 4.98 Å². The molecule has 0 N–H and O–H groups in total. The number of hydrogen-bond acceptors (Lipinski definition) is 5. The van der Waals surface area contributed by atoms with Gasteiger partial charge < -0.3 is 9.80 Å². The maximum Gasteiger partial charge on any atom is 0.226 e. The Balaban J connectivity index is 1.29. The van der Waals surface area contributed by atoms with Crippen LogP contribution in [0.5, 0.6) is 0 Å². The molecule has 3 aromatic rings. The van der Waals surface area contributed by atoms with Crippen molar-refractivity contribution in [2.75, 3.05) is 24.5 Å². The van der Waals surface area contributed by atoms with Gasteiger partial charge in [0.2, 0.25) is 5.91 Å². The Morgan fingerprint density at radius 3 is 2.79 bits per heavy atom. The van der Waals surface area contributed by atoms with E-state index in [2.05, 4.69) is 37.4 Å². The molecule has 2 aliphatic rings. The lowest BCUT2D eigenvalue weighted by atomic mass is 9.94. The average molecular weight is 396 g/mol.